The molecule has 0 amide bonds. The normalized spacial score (nSPS) is 52.3. The number of fused-ring (bicyclic) bond motifs is 10. The molecule has 0 N–H and O–H groups in total. The van der Waals surface area contributed by atoms with Crippen molar-refractivity contribution in [1.29, 1.82) is 0 Å². The predicted octanol–water partition coefficient (Wildman–Crippen LogP) is 3.64. The minimum Gasteiger partial charge on any atom is -0.459 e. The maximum absolute atomic E-state index is 12.1. The predicted molar refractivity (Wildman–Crippen MR) is 91.4 cm³/mol. The van der Waals surface area contributed by atoms with E-state index in [4.69, 9.17) is 9.47 Å². The molecule has 0 radical (unpaired) electrons. The maximum atomic E-state index is 12.1. The lowest BCUT2D eigenvalue weighted by Gasteiger charge is -2.41. The Morgan fingerprint density at radius 2 is 1.84 bits per heavy atom. The van der Waals surface area contributed by atoms with E-state index in [1.807, 2.05) is 0 Å². The van der Waals surface area contributed by atoms with Gasteiger partial charge in [-0.15, -0.1) is 0 Å². The molecule has 1 spiro atoms. The highest BCUT2D eigenvalue weighted by molar-refractivity contribution is 5.87. The first-order valence-corrected chi connectivity index (χ1v) is 9.91. The van der Waals surface area contributed by atoms with Crippen LogP contribution in [-0.2, 0) is 19.1 Å². The summed E-state index contributed by atoms with van der Waals surface area (Å²) in [5, 5.41) is 0. The molecule has 5 fully saturated rings. The van der Waals surface area contributed by atoms with Crippen molar-refractivity contribution in [1.82, 2.24) is 0 Å². The van der Waals surface area contributed by atoms with Gasteiger partial charge in [-0.25, -0.2) is 4.79 Å². The van der Waals surface area contributed by atoms with Crippen molar-refractivity contribution in [3.05, 3.63) is 12.2 Å². The Kier molecular flexibility index (Phi) is 3.11. The Balaban J connectivity index is 1.40. The third kappa shape index (κ3) is 2.12. The number of carbonyl (C=O) groups is 2. The average molecular weight is 344 g/mol. The molecule has 5 rings (SSSR count). The first-order valence-electron chi connectivity index (χ1n) is 9.91. The lowest BCUT2D eigenvalue weighted by atomic mass is 9.68. The monoisotopic (exact) mass is 344 g/mol. The Labute approximate surface area is 149 Å². The quantitative estimate of drug-likeness (QED) is 0.436. The molecule has 0 aromatic heterocycles. The number of carbonyl (C=O) groups excluding carboxylic acids is 2. The molecule has 1 heterocycles. The van der Waals surface area contributed by atoms with Crippen molar-refractivity contribution in [2.75, 3.05) is 0 Å². The van der Waals surface area contributed by atoms with E-state index in [1.165, 1.54) is 12.8 Å². The Hall–Kier alpha value is -1.32. The van der Waals surface area contributed by atoms with Crippen LogP contribution in [0.2, 0.25) is 0 Å². The van der Waals surface area contributed by atoms with Gasteiger partial charge in [-0.05, 0) is 82.0 Å². The van der Waals surface area contributed by atoms with Gasteiger partial charge in [0.1, 0.15) is 11.2 Å². The van der Waals surface area contributed by atoms with E-state index in [2.05, 4.69) is 13.5 Å². The number of esters is 2. The molecule has 0 aromatic carbocycles. The summed E-state index contributed by atoms with van der Waals surface area (Å²) in [6.45, 7) is 7.56. The van der Waals surface area contributed by atoms with Crippen LogP contribution in [0.5, 0.6) is 0 Å². The minimum atomic E-state index is -0.354. The summed E-state index contributed by atoms with van der Waals surface area (Å²) in [6.07, 6.45) is 7.06. The van der Waals surface area contributed by atoms with Crippen LogP contribution in [-0.4, -0.2) is 23.1 Å². The van der Waals surface area contributed by atoms with Crippen LogP contribution < -0.4 is 0 Å². The van der Waals surface area contributed by atoms with E-state index >= 15 is 0 Å². The standard InChI is InChI=1S/C21H28O4/c1-11(2)19(23)25-20(3)8-12-6-13(9-20)18-15-7-14(17(12)18)10-21(15)5-4-16(22)24-21/h12-15,17-18H,1,4-10H2,2-3H3. The lowest BCUT2D eigenvalue weighted by molar-refractivity contribution is -0.160. The second kappa shape index (κ2) is 4.89. The van der Waals surface area contributed by atoms with E-state index in [1.54, 1.807) is 6.92 Å². The van der Waals surface area contributed by atoms with Gasteiger partial charge in [0.25, 0.3) is 0 Å². The molecule has 8 atom stereocenters. The van der Waals surface area contributed by atoms with E-state index in [9.17, 15) is 9.59 Å². The van der Waals surface area contributed by atoms with E-state index in [0.29, 0.717) is 41.6 Å². The fraction of sp³-hybridized carbons (Fsp3) is 0.810. The topological polar surface area (TPSA) is 52.6 Å². The summed E-state index contributed by atoms with van der Waals surface area (Å²) in [4.78, 5) is 23.9. The highest BCUT2D eigenvalue weighted by Crippen LogP contribution is 2.71. The number of ether oxygens (including phenoxy) is 2. The molecular formula is C21H28O4. The first kappa shape index (κ1) is 15.9. The van der Waals surface area contributed by atoms with E-state index in [-0.39, 0.29) is 23.1 Å². The molecule has 4 nitrogen and oxygen atoms in total. The van der Waals surface area contributed by atoms with Crippen LogP contribution in [0.4, 0.5) is 0 Å². The van der Waals surface area contributed by atoms with Crippen molar-refractivity contribution >= 4 is 11.9 Å². The zero-order chi connectivity index (χ0) is 17.6. The van der Waals surface area contributed by atoms with Crippen molar-refractivity contribution in [2.45, 2.75) is 70.0 Å². The summed E-state index contributed by atoms with van der Waals surface area (Å²) in [5.41, 5.74) is -0.0193. The van der Waals surface area contributed by atoms with Crippen LogP contribution >= 0.6 is 0 Å². The third-order valence-electron chi connectivity index (χ3n) is 8.13. The molecule has 1 aliphatic heterocycles. The Morgan fingerprint density at radius 1 is 1.16 bits per heavy atom. The smallest absolute Gasteiger partial charge is 0.333 e. The van der Waals surface area contributed by atoms with Gasteiger partial charge in [0, 0.05) is 17.9 Å². The summed E-state index contributed by atoms with van der Waals surface area (Å²) < 4.78 is 11.8. The number of hydrogen-bond acceptors (Lipinski definition) is 4. The molecule has 5 aliphatic rings. The highest BCUT2D eigenvalue weighted by atomic mass is 16.6. The molecule has 1 saturated heterocycles. The van der Waals surface area contributed by atoms with Crippen molar-refractivity contribution < 1.29 is 19.1 Å². The van der Waals surface area contributed by atoms with Crippen LogP contribution in [0.15, 0.2) is 12.2 Å². The van der Waals surface area contributed by atoms with E-state index < -0.39 is 0 Å². The third-order valence-corrected chi connectivity index (χ3v) is 8.13. The van der Waals surface area contributed by atoms with Crippen LogP contribution in [0.25, 0.3) is 0 Å². The summed E-state index contributed by atoms with van der Waals surface area (Å²) >= 11 is 0. The maximum Gasteiger partial charge on any atom is 0.333 e. The van der Waals surface area contributed by atoms with Crippen LogP contribution in [0.1, 0.15) is 58.8 Å². The first-order chi connectivity index (χ1) is 11.8. The highest BCUT2D eigenvalue weighted by Gasteiger charge is 2.69. The van der Waals surface area contributed by atoms with Gasteiger partial charge in [-0.3, -0.25) is 4.79 Å². The summed E-state index contributed by atoms with van der Waals surface area (Å²) in [6, 6.07) is 0. The molecule has 0 aromatic rings. The SMILES string of the molecule is C=C(C)C(=O)OC1(C)CC2CC(C1)C1C2C2CC1C1(CCC(=O)O1)C2. The summed E-state index contributed by atoms with van der Waals surface area (Å²) in [5.74, 6) is 3.70. The van der Waals surface area contributed by atoms with Gasteiger partial charge in [0.15, 0.2) is 0 Å². The fourth-order valence-electron chi connectivity index (χ4n) is 7.72. The van der Waals surface area contributed by atoms with Gasteiger partial charge in [0.05, 0.1) is 0 Å². The second-order valence-corrected chi connectivity index (χ2v) is 9.78. The zero-order valence-corrected chi connectivity index (χ0v) is 15.3. The summed E-state index contributed by atoms with van der Waals surface area (Å²) in [7, 11) is 0. The molecule has 136 valence electrons. The van der Waals surface area contributed by atoms with Crippen molar-refractivity contribution in [3.8, 4) is 0 Å². The van der Waals surface area contributed by atoms with Gasteiger partial charge in [0.2, 0.25) is 0 Å². The average Bonchev–Trinajstić information content (AvgIpc) is 3.23. The molecule has 4 bridgehead atoms. The molecule has 25 heavy (non-hydrogen) atoms. The Morgan fingerprint density at radius 3 is 2.48 bits per heavy atom. The lowest BCUT2D eigenvalue weighted by Crippen LogP contribution is -2.43. The zero-order valence-electron chi connectivity index (χ0n) is 15.3. The molecule has 8 unspecified atom stereocenters. The molecule has 4 heteroatoms. The number of hydrogen-bond donors (Lipinski definition) is 0. The second-order valence-electron chi connectivity index (χ2n) is 9.78. The van der Waals surface area contributed by atoms with Crippen molar-refractivity contribution in [2.24, 2.45) is 35.5 Å². The van der Waals surface area contributed by atoms with Crippen LogP contribution in [0, 0.1) is 35.5 Å². The van der Waals surface area contributed by atoms with E-state index in [0.717, 1.165) is 31.6 Å². The van der Waals surface area contributed by atoms with Gasteiger partial charge in [-0.1, -0.05) is 6.58 Å². The molecular weight excluding hydrogens is 316 g/mol. The minimum absolute atomic E-state index is 0.00490. The Bertz CT molecular complexity index is 669. The largest absolute Gasteiger partial charge is 0.459 e. The van der Waals surface area contributed by atoms with Crippen LogP contribution in [0.3, 0.4) is 0 Å². The molecule has 4 aliphatic carbocycles. The fourth-order valence-corrected chi connectivity index (χ4v) is 7.72. The number of rotatable bonds is 2. The van der Waals surface area contributed by atoms with Crippen molar-refractivity contribution in [3.63, 3.8) is 0 Å². The molecule has 4 saturated carbocycles. The van der Waals surface area contributed by atoms with Gasteiger partial charge < -0.3 is 9.47 Å². The van der Waals surface area contributed by atoms with Gasteiger partial charge in [-0.2, -0.15) is 0 Å². The van der Waals surface area contributed by atoms with Gasteiger partial charge >= 0.3 is 11.9 Å².